The topological polar surface area (TPSA) is 35.2 Å². The van der Waals surface area contributed by atoms with E-state index in [1.54, 1.807) is 0 Å². The quantitative estimate of drug-likeness (QED) is 0.775. The summed E-state index contributed by atoms with van der Waals surface area (Å²) in [7, 11) is 0. The number of aryl methyl sites for hydroxylation is 1. The van der Waals surface area contributed by atoms with Crippen LogP contribution in [0.15, 0.2) is 45.3 Å². The van der Waals surface area contributed by atoms with Crippen LogP contribution in [-0.4, -0.2) is 0 Å². The Bertz CT molecular complexity index is 597. The Morgan fingerprint density at radius 3 is 2.11 bits per heavy atom. The third kappa shape index (κ3) is 3.59. The highest BCUT2D eigenvalue weighted by Gasteiger charge is 2.08. The molecule has 2 aromatic rings. The van der Waals surface area contributed by atoms with Crippen LogP contribution in [0.3, 0.4) is 0 Å². The molecule has 19 heavy (non-hydrogen) atoms. The zero-order valence-electron chi connectivity index (χ0n) is 10.8. The number of ether oxygens (including phenoxy) is 1. The second-order valence-corrected chi connectivity index (χ2v) is 6.22. The largest absolute Gasteiger partial charge is 0.455 e. The van der Waals surface area contributed by atoms with Crippen LogP contribution in [0.1, 0.15) is 24.1 Å². The van der Waals surface area contributed by atoms with Crippen LogP contribution >= 0.6 is 31.9 Å². The normalized spacial score (nSPS) is 12.3. The number of benzene rings is 2. The summed E-state index contributed by atoms with van der Waals surface area (Å²) in [6.45, 7) is 4.00. The molecule has 0 aromatic heterocycles. The minimum atomic E-state index is 0.0106. The van der Waals surface area contributed by atoms with Crippen molar-refractivity contribution in [1.29, 1.82) is 0 Å². The molecule has 0 bridgehead atoms. The molecule has 0 aliphatic rings. The Morgan fingerprint density at radius 2 is 1.58 bits per heavy atom. The van der Waals surface area contributed by atoms with Crippen molar-refractivity contribution in [1.82, 2.24) is 0 Å². The fourth-order valence-corrected chi connectivity index (χ4v) is 2.74. The number of rotatable bonds is 3. The molecular weight excluding hydrogens is 370 g/mol. The molecule has 0 amide bonds. The lowest BCUT2D eigenvalue weighted by molar-refractivity contribution is 0.476. The van der Waals surface area contributed by atoms with Crippen LogP contribution in [0, 0.1) is 6.92 Å². The predicted octanol–water partition coefficient (Wildman–Crippen LogP) is 5.33. The molecule has 4 heteroatoms. The molecular formula is C15H15Br2NO. The number of halogens is 2. The number of nitrogens with two attached hydrogens (primary N) is 1. The van der Waals surface area contributed by atoms with E-state index in [-0.39, 0.29) is 6.04 Å². The Labute approximate surface area is 130 Å². The Kier molecular flexibility index (Phi) is 4.66. The predicted molar refractivity (Wildman–Crippen MR) is 85.7 cm³/mol. The van der Waals surface area contributed by atoms with Gasteiger partial charge in [-0.2, -0.15) is 0 Å². The summed E-state index contributed by atoms with van der Waals surface area (Å²) >= 11 is 7.02. The second-order valence-electron chi connectivity index (χ2n) is 4.51. The molecule has 100 valence electrons. The zero-order valence-corrected chi connectivity index (χ0v) is 14.0. The van der Waals surface area contributed by atoms with Gasteiger partial charge >= 0.3 is 0 Å². The van der Waals surface area contributed by atoms with Crippen LogP contribution in [0.5, 0.6) is 11.5 Å². The molecule has 2 nitrogen and oxygen atoms in total. The first-order valence-electron chi connectivity index (χ1n) is 5.96. The molecule has 0 saturated carbocycles. The molecule has 0 heterocycles. The molecule has 0 aliphatic carbocycles. The molecule has 0 radical (unpaired) electrons. The van der Waals surface area contributed by atoms with Crippen molar-refractivity contribution in [3.63, 3.8) is 0 Å². The smallest absolute Gasteiger partial charge is 0.141 e. The van der Waals surface area contributed by atoms with Crippen molar-refractivity contribution in [2.45, 2.75) is 19.9 Å². The maximum atomic E-state index is 5.90. The summed E-state index contributed by atoms with van der Waals surface area (Å²) in [5.41, 5.74) is 8.11. The van der Waals surface area contributed by atoms with Crippen LogP contribution in [0.4, 0.5) is 0 Å². The lowest BCUT2D eigenvalue weighted by atomic mass is 10.1. The highest BCUT2D eigenvalue weighted by atomic mass is 79.9. The van der Waals surface area contributed by atoms with Crippen molar-refractivity contribution in [3.8, 4) is 11.5 Å². The van der Waals surface area contributed by atoms with Gasteiger partial charge in [-0.15, -0.1) is 0 Å². The van der Waals surface area contributed by atoms with Gasteiger partial charge in [0.05, 0.1) is 8.95 Å². The van der Waals surface area contributed by atoms with Gasteiger partial charge in [-0.1, -0.05) is 12.1 Å². The van der Waals surface area contributed by atoms with Crippen molar-refractivity contribution in [3.05, 3.63) is 56.5 Å². The van der Waals surface area contributed by atoms with Crippen LogP contribution < -0.4 is 10.5 Å². The minimum absolute atomic E-state index is 0.0106. The Hall–Kier alpha value is -0.840. The molecule has 2 rings (SSSR count). The average molecular weight is 385 g/mol. The van der Waals surface area contributed by atoms with E-state index in [4.69, 9.17) is 10.5 Å². The van der Waals surface area contributed by atoms with Crippen molar-refractivity contribution in [2.24, 2.45) is 5.73 Å². The van der Waals surface area contributed by atoms with Crippen LogP contribution in [0.2, 0.25) is 0 Å². The molecule has 0 spiro atoms. The van der Waals surface area contributed by atoms with E-state index >= 15 is 0 Å². The molecule has 0 unspecified atom stereocenters. The third-order valence-corrected chi connectivity index (χ3v) is 4.03. The molecule has 0 aliphatic heterocycles. The maximum absolute atomic E-state index is 5.90. The minimum Gasteiger partial charge on any atom is -0.455 e. The molecule has 0 fully saturated rings. The first-order valence-corrected chi connectivity index (χ1v) is 7.55. The summed E-state index contributed by atoms with van der Waals surface area (Å²) in [6.07, 6.45) is 0. The molecule has 2 N–H and O–H groups in total. The van der Waals surface area contributed by atoms with Crippen LogP contribution in [0.25, 0.3) is 0 Å². The first kappa shape index (κ1) is 14.6. The summed E-state index contributed by atoms with van der Waals surface area (Å²) in [6, 6.07) is 11.9. The first-order chi connectivity index (χ1) is 8.97. The van der Waals surface area contributed by atoms with Crippen molar-refractivity contribution in [2.75, 3.05) is 0 Å². The van der Waals surface area contributed by atoms with Gasteiger partial charge in [-0.05, 0) is 81.1 Å². The van der Waals surface area contributed by atoms with Gasteiger partial charge < -0.3 is 10.5 Å². The summed E-state index contributed by atoms with van der Waals surface area (Å²) in [4.78, 5) is 0. The van der Waals surface area contributed by atoms with E-state index in [0.29, 0.717) is 0 Å². The van der Waals surface area contributed by atoms with Gasteiger partial charge in [-0.25, -0.2) is 0 Å². The van der Waals surface area contributed by atoms with Gasteiger partial charge in [0.1, 0.15) is 11.5 Å². The van der Waals surface area contributed by atoms with Gasteiger partial charge in [0.15, 0.2) is 0 Å². The van der Waals surface area contributed by atoms with Crippen molar-refractivity contribution < 1.29 is 4.74 Å². The number of hydrogen-bond acceptors (Lipinski definition) is 2. The fraction of sp³-hybridized carbons (Fsp3) is 0.200. The summed E-state index contributed by atoms with van der Waals surface area (Å²) in [5.74, 6) is 1.56. The monoisotopic (exact) mass is 383 g/mol. The third-order valence-electron chi connectivity index (χ3n) is 2.79. The van der Waals surface area contributed by atoms with Crippen LogP contribution in [-0.2, 0) is 0 Å². The molecule has 0 saturated heterocycles. The highest BCUT2D eigenvalue weighted by Crippen LogP contribution is 2.35. The highest BCUT2D eigenvalue weighted by molar-refractivity contribution is 9.11. The lowest BCUT2D eigenvalue weighted by Crippen LogP contribution is -2.04. The fourth-order valence-electron chi connectivity index (χ4n) is 1.69. The standard InChI is InChI=1S/C15H15Br2NO/c1-9-3-5-14(12(16)7-9)19-15-6-4-11(10(2)18)8-13(15)17/h3-8,10H,18H2,1-2H3/t10-/m1/s1. The van der Waals surface area contributed by atoms with Gasteiger partial charge in [-0.3, -0.25) is 0 Å². The lowest BCUT2D eigenvalue weighted by Gasteiger charge is -2.12. The average Bonchev–Trinajstić information content (AvgIpc) is 2.34. The zero-order chi connectivity index (χ0) is 14.0. The molecule has 1 atom stereocenters. The van der Waals surface area contributed by atoms with E-state index in [1.807, 2.05) is 50.2 Å². The summed E-state index contributed by atoms with van der Waals surface area (Å²) < 4.78 is 7.73. The van der Waals surface area contributed by atoms with E-state index in [2.05, 4.69) is 31.9 Å². The molecule has 2 aromatic carbocycles. The Balaban J connectivity index is 2.28. The number of hydrogen-bond donors (Lipinski definition) is 1. The summed E-state index contributed by atoms with van der Waals surface area (Å²) in [5, 5.41) is 0. The van der Waals surface area contributed by atoms with Gasteiger partial charge in [0, 0.05) is 6.04 Å². The van der Waals surface area contributed by atoms with E-state index in [0.717, 1.165) is 26.0 Å². The van der Waals surface area contributed by atoms with E-state index in [9.17, 15) is 0 Å². The van der Waals surface area contributed by atoms with Crippen molar-refractivity contribution >= 4 is 31.9 Å². The Morgan fingerprint density at radius 1 is 1.00 bits per heavy atom. The SMILES string of the molecule is Cc1ccc(Oc2ccc([C@@H](C)N)cc2Br)c(Br)c1. The van der Waals surface area contributed by atoms with E-state index in [1.165, 1.54) is 5.56 Å². The van der Waals surface area contributed by atoms with E-state index < -0.39 is 0 Å². The second kappa shape index (κ2) is 6.07. The van der Waals surface area contributed by atoms with Gasteiger partial charge in [0.2, 0.25) is 0 Å². The maximum Gasteiger partial charge on any atom is 0.141 e. The van der Waals surface area contributed by atoms with Gasteiger partial charge in [0.25, 0.3) is 0 Å².